The average Bonchev–Trinajstić information content (AvgIpc) is 2.56. The lowest BCUT2D eigenvalue weighted by Gasteiger charge is -2.37. The maximum atomic E-state index is 11.6. The second-order valence-corrected chi connectivity index (χ2v) is 6.88. The van der Waals surface area contributed by atoms with Crippen molar-refractivity contribution in [1.82, 2.24) is 20.4 Å². The molecule has 2 fully saturated rings. The van der Waals surface area contributed by atoms with E-state index in [1.54, 1.807) is 4.90 Å². The Bertz CT molecular complexity index is 443. The minimum Gasteiger partial charge on any atom is -0.379 e. The number of rotatable bonds is 5. The van der Waals surface area contributed by atoms with Crippen molar-refractivity contribution in [3.8, 4) is 0 Å². The van der Waals surface area contributed by atoms with Crippen LogP contribution in [-0.2, 0) is 9.53 Å². The highest BCUT2D eigenvalue weighted by Crippen LogP contribution is 2.12. The number of carbonyl (C=O) groups is 1. The molecule has 2 aliphatic heterocycles. The second-order valence-electron chi connectivity index (χ2n) is 6.88. The standard InChI is InChI=1S/C17H33N5O2/c1-5-18-17(20-15-6-7-16(23)21(4)11-15)19-10-13(2)22-8-9-24-12-14(22)3/h13-15H,5-12H2,1-4H3,(H2,18,19,20). The van der Waals surface area contributed by atoms with E-state index in [0.717, 1.165) is 51.8 Å². The molecule has 0 radical (unpaired) electrons. The van der Waals surface area contributed by atoms with Crippen LogP contribution in [0, 0.1) is 0 Å². The summed E-state index contributed by atoms with van der Waals surface area (Å²) in [6, 6.07) is 1.09. The highest BCUT2D eigenvalue weighted by atomic mass is 16.5. The molecule has 0 aromatic heterocycles. The van der Waals surface area contributed by atoms with Gasteiger partial charge in [0.2, 0.25) is 5.91 Å². The second kappa shape index (κ2) is 9.22. The Morgan fingerprint density at radius 2 is 2.29 bits per heavy atom. The normalized spacial score (nSPS) is 27.9. The Hall–Kier alpha value is -1.34. The molecular formula is C17H33N5O2. The number of hydrogen-bond acceptors (Lipinski definition) is 4. The van der Waals surface area contributed by atoms with E-state index in [4.69, 9.17) is 9.73 Å². The molecule has 1 amide bonds. The van der Waals surface area contributed by atoms with Crippen LogP contribution in [0.4, 0.5) is 0 Å². The van der Waals surface area contributed by atoms with E-state index in [0.29, 0.717) is 18.5 Å². The molecule has 0 saturated carbocycles. The molecule has 7 nitrogen and oxygen atoms in total. The number of carbonyl (C=O) groups excluding carboxylic acids is 1. The lowest BCUT2D eigenvalue weighted by molar-refractivity contribution is -0.132. The molecule has 0 aromatic rings. The van der Waals surface area contributed by atoms with Gasteiger partial charge in [0.25, 0.3) is 0 Å². The van der Waals surface area contributed by atoms with Crippen molar-refractivity contribution in [2.75, 3.05) is 46.4 Å². The predicted molar refractivity (Wildman–Crippen MR) is 96.2 cm³/mol. The van der Waals surface area contributed by atoms with E-state index in [2.05, 4.69) is 36.3 Å². The van der Waals surface area contributed by atoms with E-state index in [-0.39, 0.29) is 11.9 Å². The lowest BCUT2D eigenvalue weighted by Crippen LogP contribution is -2.52. The SMILES string of the molecule is CCNC(=NCC(C)N1CCOCC1C)NC1CCC(=O)N(C)C1. The number of nitrogens with zero attached hydrogens (tertiary/aromatic N) is 3. The summed E-state index contributed by atoms with van der Waals surface area (Å²) in [5.74, 6) is 1.07. The van der Waals surface area contributed by atoms with E-state index in [9.17, 15) is 4.79 Å². The van der Waals surface area contributed by atoms with Crippen LogP contribution in [0.25, 0.3) is 0 Å². The summed E-state index contributed by atoms with van der Waals surface area (Å²) in [6.45, 7) is 11.4. The minimum absolute atomic E-state index is 0.227. The van der Waals surface area contributed by atoms with Crippen LogP contribution in [0.1, 0.15) is 33.6 Å². The summed E-state index contributed by atoms with van der Waals surface area (Å²) in [7, 11) is 1.86. The number of nitrogens with one attached hydrogen (secondary N) is 2. The Labute approximate surface area is 145 Å². The van der Waals surface area contributed by atoms with Crippen molar-refractivity contribution in [2.24, 2.45) is 4.99 Å². The highest BCUT2D eigenvalue weighted by Gasteiger charge is 2.25. The number of aliphatic imine (C=N–C) groups is 1. The van der Waals surface area contributed by atoms with Gasteiger partial charge in [0.1, 0.15) is 0 Å². The zero-order chi connectivity index (χ0) is 17.5. The fourth-order valence-electron chi connectivity index (χ4n) is 3.37. The van der Waals surface area contributed by atoms with Gasteiger partial charge in [-0.1, -0.05) is 0 Å². The molecule has 3 unspecified atom stereocenters. The fourth-order valence-corrected chi connectivity index (χ4v) is 3.37. The highest BCUT2D eigenvalue weighted by molar-refractivity contribution is 5.81. The number of morpholine rings is 1. The van der Waals surface area contributed by atoms with Crippen LogP contribution >= 0.6 is 0 Å². The van der Waals surface area contributed by atoms with Gasteiger partial charge in [-0.05, 0) is 27.2 Å². The van der Waals surface area contributed by atoms with E-state index in [1.807, 2.05) is 7.05 Å². The molecule has 2 aliphatic rings. The first-order valence-corrected chi connectivity index (χ1v) is 9.13. The first-order chi connectivity index (χ1) is 11.5. The average molecular weight is 339 g/mol. The van der Waals surface area contributed by atoms with Crippen molar-refractivity contribution < 1.29 is 9.53 Å². The van der Waals surface area contributed by atoms with Crippen LogP contribution in [0.3, 0.4) is 0 Å². The Balaban J connectivity index is 1.88. The number of amides is 1. The van der Waals surface area contributed by atoms with Crippen molar-refractivity contribution in [2.45, 2.75) is 51.7 Å². The molecule has 24 heavy (non-hydrogen) atoms. The van der Waals surface area contributed by atoms with Crippen LogP contribution in [-0.4, -0.2) is 86.2 Å². The maximum absolute atomic E-state index is 11.6. The van der Waals surface area contributed by atoms with Gasteiger partial charge in [0, 0.05) is 51.2 Å². The molecule has 3 atom stereocenters. The van der Waals surface area contributed by atoms with E-state index in [1.165, 1.54) is 0 Å². The zero-order valence-corrected chi connectivity index (χ0v) is 15.5. The van der Waals surface area contributed by atoms with Crippen molar-refractivity contribution >= 4 is 11.9 Å². The Morgan fingerprint density at radius 1 is 1.50 bits per heavy atom. The third kappa shape index (κ3) is 5.34. The van der Waals surface area contributed by atoms with Crippen LogP contribution in [0.2, 0.25) is 0 Å². The summed E-state index contributed by atoms with van der Waals surface area (Å²) in [5, 5.41) is 6.80. The molecule has 0 aliphatic carbocycles. The van der Waals surface area contributed by atoms with Crippen molar-refractivity contribution in [1.29, 1.82) is 0 Å². The van der Waals surface area contributed by atoms with Crippen LogP contribution in [0.5, 0.6) is 0 Å². The molecule has 2 N–H and O–H groups in total. The molecule has 0 aromatic carbocycles. The number of guanidine groups is 1. The largest absolute Gasteiger partial charge is 0.379 e. The smallest absolute Gasteiger partial charge is 0.222 e. The van der Waals surface area contributed by atoms with Gasteiger partial charge in [-0.15, -0.1) is 0 Å². The third-order valence-corrected chi connectivity index (χ3v) is 4.81. The van der Waals surface area contributed by atoms with Gasteiger partial charge in [-0.3, -0.25) is 14.7 Å². The summed E-state index contributed by atoms with van der Waals surface area (Å²) < 4.78 is 5.51. The molecule has 0 spiro atoms. The molecule has 2 heterocycles. The number of hydrogen-bond donors (Lipinski definition) is 2. The first-order valence-electron chi connectivity index (χ1n) is 9.13. The van der Waals surface area contributed by atoms with E-state index < -0.39 is 0 Å². The Kier molecular flexibility index (Phi) is 7.30. The summed E-state index contributed by atoms with van der Waals surface area (Å²) in [4.78, 5) is 20.6. The zero-order valence-electron chi connectivity index (χ0n) is 15.5. The summed E-state index contributed by atoms with van der Waals surface area (Å²) in [5.41, 5.74) is 0. The molecule has 7 heteroatoms. The number of piperidine rings is 1. The molecule has 0 bridgehead atoms. The van der Waals surface area contributed by atoms with Gasteiger partial charge in [0.15, 0.2) is 5.96 Å². The van der Waals surface area contributed by atoms with Gasteiger partial charge in [0.05, 0.1) is 19.8 Å². The van der Waals surface area contributed by atoms with Crippen LogP contribution < -0.4 is 10.6 Å². The van der Waals surface area contributed by atoms with E-state index >= 15 is 0 Å². The van der Waals surface area contributed by atoms with Gasteiger partial charge >= 0.3 is 0 Å². The predicted octanol–water partition coefficient (Wildman–Crippen LogP) is 0.272. The number of likely N-dealkylation sites (N-methyl/N-ethyl adjacent to an activating group) is 1. The molecular weight excluding hydrogens is 306 g/mol. The van der Waals surface area contributed by atoms with Gasteiger partial charge in [-0.2, -0.15) is 0 Å². The fraction of sp³-hybridized carbons (Fsp3) is 0.882. The minimum atomic E-state index is 0.227. The molecule has 2 saturated heterocycles. The lowest BCUT2D eigenvalue weighted by atomic mass is 10.1. The molecule has 138 valence electrons. The van der Waals surface area contributed by atoms with Gasteiger partial charge < -0.3 is 20.3 Å². The van der Waals surface area contributed by atoms with Crippen molar-refractivity contribution in [3.05, 3.63) is 0 Å². The number of ether oxygens (including phenoxy) is 1. The van der Waals surface area contributed by atoms with Gasteiger partial charge in [-0.25, -0.2) is 0 Å². The first kappa shape index (κ1) is 19.0. The topological polar surface area (TPSA) is 69.2 Å². The maximum Gasteiger partial charge on any atom is 0.222 e. The summed E-state index contributed by atoms with van der Waals surface area (Å²) >= 11 is 0. The number of likely N-dealkylation sites (tertiary alicyclic amines) is 1. The monoisotopic (exact) mass is 339 g/mol. The van der Waals surface area contributed by atoms with Crippen LogP contribution in [0.15, 0.2) is 4.99 Å². The quantitative estimate of drug-likeness (QED) is 0.556. The van der Waals surface area contributed by atoms with Crippen molar-refractivity contribution in [3.63, 3.8) is 0 Å². The third-order valence-electron chi connectivity index (χ3n) is 4.81. The Morgan fingerprint density at radius 3 is 2.96 bits per heavy atom. The molecule has 2 rings (SSSR count). The summed E-state index contributed by atoms with van der Waals surface area (Å²) in [6.07, 6.45) is 1.47.